The van der Waals surface area contributed by atoms with E-state index in [1.54, 1.807) is 13.8 Å². The molecule has 1 amide bonds. The van der Waals surface area contributed by atoms with Crippen LogP contribution in [0, 0.1) is 17.2 Å². The number of nitrogens with zero attached hydrogens (tertiary/aromatic N) is 1. The lowest BCUT2D eigenvalue weighted by Crippen LogP contribution is -2.53. The standard InChI is InChI=1S/C18H24BrN3O6S/c1-11(2)18(4,10-20)21-16(24)12(3)28-17(25)15(9-23)22-29(26,27)14-7-5-13(19)6-8-14/h5-8,11-12,15,22-23H,9H2,1-4H3,(H,21,24). The number of nitriles is 1. The smallest absolute Gasteiger partial charge is 0.327 e. The third-order valence-electron chi connectivity index (χ3n) is 4.32. The number of carbonyl (C=O) groups excluding carboxylic acids is 2. The summed E-state index contributed by atoms with van der Waals surface area (Å²) in [4.78, 5) is 24.4. The van der Waals surface area contributed by atoms with Gasteiger partial charge in [-0.3, -0.25) is 9.59 Å². The molecule has 3 N–H and O–H groups in total. The number of benzene rings is 1. The molecule has 3 atom stereocenters. The molecule has 0 saturated heterocycles. The van der Waals surface area contributed by atoms with Crippen molar-refractivity contribution in [2.24, 2.45) is 5.92 Å². The second kappa shape index (κ2) is 10.2. The normalized spacial score (nSPS) is 15.7. The first-order chi connectivity index (χ1) is 13.4. The molecule has 0 aromatic heterocycles. The number of esters is 1. The molecular weight excluding hydrogens is 466 g/mol. The van der Waals surface area contributed by atoms with Crippen LogP contribution in [0.2, 0.25) is 0 Å². The maximum Gasteiger partial charge on any atom is 0.327 e. The molecule has 1 aromatic carbocycles. The van der Waals surface area contributed by atoms with Gasteiger partial charge in [0.1, 0.15) is 11.6 Å². The topological polar surface area (TPSA) is 146 Å². The fourth-order valence-electron chi connectivity index (χ4n) is 2.00. The van der Waals surface area contributed by atoms with E-state index in [1.807, 2.05) is 10.8 Å². The van der Waals surface area contributed by atoms with Crippen molar-refractivity contribution >= 4 is 37.8 Å². The first-order valence-electron chi connectivity index (χ1n) is 8.68. The Morgan fingerprint density at radius 3 is 2.28 bits per heavy atom. The summed E-state index contributed by atoms with van der Waals surface area (Å²) in [7, 11) is -4.11. The van der Waals surface area contributed by atoms with E-state index in [2.05, 4.69) is 21.2 Å². The zero-order valence-corrected chi connectivity index (χ0v) is 18.9. The Morgan fingerprint density at radius 1 is 1.28 bits per heavy atom. The van der Waals surface area contributed by atoms with Crippen molar-refractivity contribution in [1.29, 1.82) is 5.26 Å². The number of halogens is 1. The van der Waals surface area contributed by atoms with Crippen LogP contribution in [0.25, 0.3) is 0 Å². The number of sulfonamides is 1. The van der Waals surface area contributed by atoms with E-state index in [0.717, 1.165) is 0 Å². The molecule has 0 radical (unpaired) electrons. The second-order valence-electron chi connectivity index (χ2n) is 6.85. The van der Waals surface area contributed by atoms with Crippen LogP contribution >= 0.6 is 15.9 Å². The van der Waals surface area contributed by atoms with Crippen molar-refractivity contribution in [3.05, 3.63) is 28.7 Å². The maximum absolute atomic E-state index is 12.4. The number of nitrogens with one attached hydrogen (secondary N) is 2. The van der Waals surface area contributed by atoms with Gasteiger partial charge in [-0.15, -0.1) is 0 Å². The van der Waals surface area contributed by atoms with E-state index in [9.17, 15) is 28.4 Å². The molecule has 1 rings (SSSR count). The molecule has 0 spiro atoms. The van der Waals surface area contributed by atoms with Gasteiger partial charge in [-0.25, -0.2) is 8.42 Å². The molecule has 1 aromatic rings. The molecule has 0 aliphatic rings. The van der Waals surface area contributed by atoms with Crippen molar-refractivity contribution < 1.29 is 27.9 Å². The molecule has 0 aliphatic carbocycles. The van der Waals surface area contributed by atoms with E-state index in [-0.39, 0.29) is 10.8 Å². The summed E-state index contributed by atoms with van der Waals surface area (Å²) >= 11 is 3.19. The van der Waals surface area contributed by atoms with Crippen LogP contribution in [0.1, 0.15) is 27.7 Å². The molecule has 0 fully saturated rings. The number of hydrogen-bond donors (Lipinski definition) is 3. The molecular formula is C18H24BrN3O6S. The summed E-state index contributed by atoms with van der Waals surface area (Å²) in [5, 5.41) is 21.2. The molecule has 11 heteroatoms. The van der Waals surface area contributed by atoms with Gasteiger partial charge in [0.25, 0.3) is 5.91 Å². The second-order valence-corrected chi connectivity index (χ2v) is 9.48. The quantitative estimate of drug-likeness (QED) is 0.439. The fourth-order valence-corrected chi connectivity index (χ4v) is 3.44. The van der Waals surface area contributed by atoms with Crippen molar-refractivity contribution in [2.75, 3.05) is 6.61 Å². The minimum absolute atomic E-state index is 0.112. The lowest BCUT2D eigenvalue weighted by atomic mass is 9.90. The highest BCUT2D eigenvalue weighted by molar-refractivity contribution is 9.10. The average molecular weight is 490 g/mol. The minimum Gasteiger partial charge on any atom is -0.451 e. The Morgan fingerprint density at radius 2 is 1.83 bits per heavy atom. The lowest BCUT2D eigenvalue weighted by Gasteiger charge is -2.29. The van der Waals surface area contributed by atoms with Gasteiger partial charge in [0.05, 0.1) is 17.6 Å². The van der Waals surface area contributed by atoms with E-state index >= 15 is 0 Å². The highest BCUT2D eigenvalue weighted by atomic mass is 79.9. The van der Waals surface area contributed by atoms with Gasteiger partial charge in [-0.1, -0.05) is 29.8 Å². The Kier molecular flexibility index (Phi) is 8.77. The predicted molar refractivity (Wildman–Crippen MR) is 108 cm³/mol. The number of amides is 1. The maximum atomic E-state index is 12.4. The fraction of sp³-hybridized carbons (Fsp3) is 0.500. The molecule has 0 bridgehead atoms. The van der Waals surface area contributed by atoms with Gasteiger partial charge in [-0.2, -0.15) is 9.98 Å². The third kappa shape index (κ3) is 6.78. The zero-order chi connectivity index (χ0) is 22.4. The highest BCUT2D eigenvalue weighted by Crippen LogP contribution is 2.16. The molecule has 9 nitrogen and oxygen atoms in total. The van der Waals surface area contributed by atoms with E-state index in [1.165, 1.54) is 38.1 Å². The largest absolute Gasteiger partial charge is 0.451 e. The lowest BCUT2D eigenvalue weighted by molar-refractivity contribution is -0.157. The number of carbonyl (C=O) groups is 2. The number of hydrogen-bond acceptors (Lipinski definition) is 7. The first kappa shape index (κ1) is 25.0. The van der Waals surface area contributed by atoms with E-state index in [4.69, 9.17) is 4.74 Å². The summed E-state index contributed by atoms with van der Waals surface area (Å²) in [5.41, 5.74) is -1.17. The van der Waals surface area contributed by atoms with Crippen molar-refractivity contribution in [3.8, 4) is 6.07 Å². The van der Waals surface area contributed by atoms with Gasteiger partial charge >= 0.3 is 5.97 Å². The van der Waals surface area contributed by atoms with Crippen LogP contribution in [0.15, 0.2) is 33.6 Å². The Bertz CT molecular complexity index is 882. The first-order valence-corrected chi connectivity index (χ1v) is 11.0. The van der Waals surface area contributed by atoms with Gasteiger partial charge in [-0.05, 0) is 44.0 Å². The average Bonchev–Trinajstić information content (AvgIpc) is 2.65. The monoisotopic (exact) mass is 489 g/mol. The SMILES string of the molecule is CC(OC(=O)C(CO)NS(=O)(=O)c1ccc(Br)cc1)C(=O)NC(C)(C#N)C(C)C. The Labute approximate surface area is 178 Å². The molecule has 0 heterocycles. The summed E-state index contributed by atoms with van der Waals surface area (Å²) in [5.74, 6) is -2.05. The van der Waals surface area contributed by atoms with Crippen molar-refractivity contribution in [2.45, 2.75) is 50.3 Å². The zero-order valence-electron chi connectivity index (χ0n) is 16.5. The highest BCUT2D eigenvalue weighted by Gasteiger charge is 2.34. The number of rotatable bonds is 9. The minimum atomic E-state index is -4.11. The summed E-state index contributed by atoms with van der Waals surface area (Å²) in [6.45, 7) is 5.44. The number of ether oxygens (including phenoxy) is 1. The molecule has 3 unspecified atom stereocenters. The van der Waals surface area contributed by atoms with Crippen LogP contribution in [-0.4, -0.2) is 49.7 Å². The molecule has 0 aliphatic heterocycles. The van der Waals surface area contributed by atoms with E-state index < -0.39 is 46.2 Å². The van der Waals surface area contributed by atoms with Crippen LogP contribution in [0.4, 0.5) is 0 Å². The summed E-state index contributed by atoms with van der Waals surface area (Å²) in [6.07, 6.45) is -1.31. The third-order valence-corrected chi connectivity index (χ3v) is 6.34. The molecule has 160 valence electrons. The Balaban J connectivity index is 2.83. The summed E-state index contributed by atoms with van der Waals surface area (Å²) < 4.78 is 32.5. The number of aliphatic hydroxyl groups excluding tert-OH is 1. The summed E-state index contributed by atoms with van der Waals surface area (Å²) in [6, 6.07) is 6.04. The van der Waals surface area contributed by atoms with Crippen LogP contribution in [-0.2, 0) is 24.3 Å². The van der Waals surface area contributed by atoms with Gasteiger partial charge < -0.3 is 15.2 Å². The number of aliphatic hydroxyl groups is 1. The van der Waals surface area contributed by atoms with Crippen LogP contribution < -0.4 is 10.0 Å². The van der Waals surface area contributed by atoms with Gasteiger partial charge in [0, 0.05) is 4.47 Å². The van der Waals surface area contributed by atoms with Crippen LogP contribution in [0.3, 0.4) is 0 Å². The molecule has 0 saturated carbocycles. The predicted octanol–water partition coefficient (Wildman–Crippen LogP) is 1.07. The van der Waals surface area contributed by atoms with Crippen molar-refractivity contribution in [1.82, 2.24) is 10.0 Å². The van der Waals surface area contributed by atoms with Gasteiger partial charge in [0.15, 0.2) is 6.10 Å². The Hall–Kier alpha value is -2.00. The van der Waals surface area contributed by atoms with Crippen LogP contribution in [0.5, 0.6) is 0 Å². The van der Waals surface area contributed by atoms with E-state index in [0.29, 0.717) is 4.47 Å². The van der Waals surface area contributed by atoms with Gasteiger partial charge in [0.2, 0.25) is 10.0 Å². The van der Waals surface area contributed by atoms with Crippen molar-refractivity contribution in [3.63, 3.8) is 0 Å². The molecule has 29 heavy (non-hydrogen) atoms.